The van der Waals surface area contributed by atoms with Crippen LogP contribution in [0.3, 0.4) is 0 Å². The van der Waals surface area contributed by atoms with Crippen LogP contribution in [-0.2, 0) is 21.3 Å². The van der Waals surface area contributed by atoms with Gasteiger partial charge in [0, 0.05) is 22.9 Å². The summed E-state index contributed by atoms with van der Waals surface area (Å²) in [6, 6.07) is 6.17. The van der Waals surface area contributed by atoms with Crippen molar-refractivity contribution < 1.29 is 13.4 Å². The minimum absolute atomic E-state index is 0.0751. The Morgan fingerprint density at radius 2 is 2.12 bits per heavy atom. The van der Waals surface area contributed by atoms with Crippen LogP contribution < -0.4 is 5.32 Å². The SMILES string of the molecule is CCCNC(=O)CS(=O)Cc1ccccc1F. The summed E-state index contributed by atoms with van der Waals surface area (Å²) in [6.45, 7) is 2.52. The fraction of sp³-hybridized carbons (Fsp3) is 0.417. The molecule has 1 aromatic carbocycles. The topological polar surface area (TPSA) is 46.2 Å². The van der Waals surface area contributed by atoms with E-state index in [-0.39, 0.29) is 23.2 Å². The minimum atomic E-state index is -1.37. The molecule has 1 N–H and O–H groups in total. The zero-order valence-corrected chi connectivity index (χ0v) is 10.6. The summed E-state index contributed by atoms with van der Waals surface area (Å²) in [5, 5.41) is 2.64. The van der Waals surface area contributed by atoms with E-state index in [2.05, 4.69) is 5.32 Å². The average molecular weight is 257 g/mol. The lowest BCUT2D eigenvalue weighted by Gasteiger charge is -2.04. The van der Waals surface area contributed by atoms with Crippen LogP contribution >= 0.6 is 0 Å². The quantitative estimate of drug-likeness (QED) is 0.841. The van der Waals surface area contributed by atoms with Crippen molar-refractivity contribution in [2.45, 2.75) is 19.1 Å². The highest BCUT2D eigenvalue weighted by Crippen LogP contribution is 2.08. The number of benzene rings is 1. The first-order valence-electron chi connectivity index (χ1n) is 5.48. The number of halogens is 1. The van der Waals surface area contributed by atoms with Crippen LogP contribution in [0.1, 0.15) is 18.9 Å². The van der Waals surface area contributed by atoms with E-state index >= 15 is 0 Å². The maximum absolute atomic E-state index is 13.3. The molecule has 0 spiro atoms. The van der Waals surface area contributed by atoms with Crippen LogP contribution in [0.4, 0.5) is 4.39 Å². The summed E-state index contributed by atoms with van der Waals surface area (Å²) < 4.78 is 24.9. The second-order valence-corrected chi connectivity index (χ2v) is 5.13. The van der Waals surface area contributed by atoms with Crippen molar-refractivity contribution in [3.63, 3.8) is 0 Å². The van der Waals surface area contributed by atoms with Crippen molar-refractivity contribution in [3.8, 4) is 0 Å². The third kappa shape index (κ3) is 5.08. The van der Waals surface area contributed by atoms with Gasteiger partial charge in [-0.15, -0.1) is 0 Å². The van der Waals surface area contributed by atoms with Crippen molar-refractivity contribution in [2.24, 2.45) is 0 Å². The van der Waals surface area contributed by atoms with E-state index in [0.717, 1.165) is 6.42 Å². The number of nitrogens with one attached hydrogen (secondary N) is 1. The molecule has 1 unspecified atom stereocenters. The lowest BCUT2D eigenvalue weighted by Crippen LogP contribution is -2.29. The van der Waals surface area contributed by atoms with Crippen LogP contribution in [0.2, 0.25) is 0 Å². The van der Waals surface area contributed by atoms with Crippen LogP contribution in [-0.4, -0.2) is 22.4 Å². The van der Waals surface area contributed by atoms with E-state index in [1.807, 2.05) is 6.92 Å². The number of rotatable bonds is 6. The standard InChI is InChI=1S/C12H16FNO2S/c1-2-7-14-12(15)9-17(16)8-10-5-3-4-6-11(10)13/h3-6H,2,7-9H2,1H3,(H,14,15). The van der Waals surface area contributed by atoms with E-state index < -0.39 is 10.8 Å². The molecule has 0 radical (unpaired) electrons. The molecule has 0 bridgehead atoms. The highest BCUT2D eigenvalue weighted by atomic mass is 32.2. The fourth-order valence-electron chi connectivity index (χ4n) is 1.30. The molecule has 5 heteroatoms. The molecule has 94 valence electrons. The van der Waals surface area contributed by atoms with Crippen LogP contribution in [0.5, 0.6) is 0 Å². The normalized spacial score (nSPS) is 12.1. The molecule has 0 heterocycles. The average Bonchev–Trinajstić information content (AvgIpc) is 2.29. The van der Waals surface area contributed by atoms with Gasteiger partial charge in [0.05, 0.1) is 5.75 Å². The summed E-state index contributed by atoms with van der Waals surface area (Å²) in [6.07, 6.45) is 0.839. The first kappa shape index (κ1) is 13.8. The molecule has 3 nitrogen and oxygen atoms in total. The molecule has 17 heavy (non-hydrogen) atoms. The number of hydrogen-bond donors (Lipinski definition) is 1. The second-order valence-electron chi connectivity index (χ2n) is 3.67. The van der Waals surface area contributed by atoms with E-state index in [9.17, 15) is 13.4 Å². The maximum atomic E-state index is 13.3. The summed E-state index contributed by atoms with van der Waals surface area (Å²) in [4.78, 5) is 11.3. The summed E-state index contributed by atoms with van der Waals surface area (Å²) in [7, 11) is -1.37. The highest BCUT2D eigenvalue weighted by molar-refractivity contribution is 7.84. The van der Waals surface area contributed by atoms with Crippen molar-refractivity contribution in [1.82, 2.24) is 5.32 Å². The summed E-state index contributed by atoms with van der Waals surface area (Å²) in [5.41, 5.74) is 0.383. The van der Waals surface area contributed by atoms with Gasteiger partial charge in [0.25, 0.3) is 0 Å². The van der Waals surface area contributed by atoms with E-state index in [1.165, 1.54) is 6.07 Å². The Morgan fingerprint density at radius 3 is 2.76 bits per heavy atom. The molecule has 1 aromatic rings. The van der Waals surface area contributed by atoms with Gasteiger partial charge in [-0.2, -0.15) is 0 Å². The van der Waals surface area contributed by atoms with E-state index in [4.69, 9.17) is 0 Å². The molecule has 0 aromatic heterocycles. The maximum Gasteiger partial charge on any atom is 0.232 e. The van der Waals surface area contributed by atoms with Crippen molar-refractivity contribution in [1.29, 1.82) is 0 Å². The van der Waals surface area contributed by atoms with E-state index in [0.29, 0.717) is 12.1 Å². The van der Waals surface area contributed by atoms with Gasteiger partial charge < -0.3 is 5.32 Å². The van der Waals surface area contributed by atoms with Gasteiger partial charge in [0.15, 0.2) is 0 Å². The molecule has 1 atom stereocenters. The number of carbonyl (C=O) groups excluding carboxylic acids is 1. The summed E-state index contributed by atoms with van der Waals surface area (Å²) >= 11 is 0. The first-order valence-corrected chi connectivity index (χ1v) is 6.97. The van der Waals surface area contributed by atoms with Gasteiger partial charge in [-0.25, -0.2) is 4.39 Å². The Kier molecular flexibility index (Phi) is 5.83. The van der Waals surface area contributed by atoms with Gasteiger partial charge in [0.2, 0.25) is 5.91 Å². The van der Waals surface area contributed by atoms with Gasteiger partial charge in [0.1, 0.15) is 11.6 Å². The Hall–Kier alpha value is -1.23. The van der Waals surface area contributed by atoms with Gasteiger partial charge >= 0.3 is 0 Å². The molecule has 0 saturated carbocycles. The Labute approximate surface area is 103 Å². The summed E-state index contributed by atoms with van der Waals surface area (Å²) in [5.74, 6) is -0.628. The molecule has 0 saturated heterocycles. The molecule has 0 fully saturated rings. The third-order valence-corrected chi connectivity index (χ3v) is 3.36. The van der Waals surface area contributed by atoms with Crippen molar-refractivity contribution in [3.05, 3.63) is 35.6 Å². The van der Waals surface area contributed by atoms with Crippen LogP contribution in [0.25, 0.3) is 0 Å². The van der Waals surface area contributed by atoms with Crippen LogP contribution in [0, 0.1) is 5.82 Å². The zero-order valence-electron chi connectivity index (χ0n) is 9.74. The molecule has 1 rings (SSSR count). The second kappa shape index (κ2) is 7.17. The minimum Gasteiger partial charge on any atom is -0.355 e. The predicted molar refractivity (Wildman–Crippen MR) is 66.4 cm³/mol. The molecular weight excluding hydrogens is 241 g/mol. The predicted octanol–water partition coefficient (Wildman–Crippen LogP) is 1.60. The monoisotopic (exact) mass is 257 g/mol. The van der Waals surface area contributed by atoms with Gasteiger partial charge in [-0.1, -0.05) is 25.1 Å². The lowest BCUT2D eigenvalue weighted by molar-refractivity contribution is -0.118. The van der Waals surface area contributed by atoms with E-state index in [1.54, 1.807) is 18.2 Å². The number of carbonyl (C=O) groups is 1. The van der Waals surface area contributed by atoms with Gasteiger partial charge in [-0.05, 0) is 12.5 Å². The van der Waals surface area contributed by atoms with Crippen molar-refractivity contribution >= 4 is 16.7 Å². The largest absolute Gasteiger partial charge is 0.355 e. The smallest absolute Gasteiger partial charge is 0.232 e. The molecule has 0 aliphatic heterocycles. The highest BCUT2D eigenvalue weighted by Gasteiger charge is 2.10. The molecule has 0 aliphatic rings. The fourth-order valence-corrected chi connectivity index (χ4v) is 2.38. The van der Waals surface area contributed by atoms with Gasteiger partial charge in [-0.3, -0.25) is 9.00 Å². The van der Waals surface area contributed by atoms with Crippen LogP contribution in [0.15, 0.2) is 24.3 Å². The Balaban J connectivity index is 2.45. The Bertz CT molecular complexity index is 409. The molecular formula is C12H16FNO2S. The molecule has 1 amide bonds. The first-order chi connectivity index (χ1) is 8.13. The number of amides is 1. The third-order valence-electron chi connectivity index (χ3n) is 2.14. The molecule has 0 aliphatic carbocycles. The van der Waals surface area contributed by atoms with Crippen molar-refractivity contribution in [2.75, 3.05) is 12.3 Å². The Morgan fingerprint density at radius 1 is 1.41 bits per heavy atom. The zero-order chi connectivity index (χ0) is 12.7. The lowest BCUT2D eigenvalue weighted by atomic mass is 10.2. The number of hydrogen-bond acceptors (Lipinski definition) is 2.